The van der Waals surface area contributed by atoms with E-state index >= 15 is 0 Å². The topological polar surface area (TPSA) is 87.6 Å². The lowest BCUT2D eigenvalue weighted by molar-refractivity contribution is 0.0994. The molecule has 5 rings (SSSR count). The number of rotatable bonds is 5. The van der Waals surface area contributed by atoms with Gasteiger partial charge in [-0.15, -0.1) is 10.2 Å². The number of hydrogen-bond acceptors (Lipinski definition) is 5. The third-order valence-corrected chi connectivity index (χ3v) is 5.95. The van der Waals surface area contributed by atoms with Crippen LogP contribution in [-0.4, -0.2) is 31.2 Å². The van der Waals surface area contributed by atoms with E-state index in [0.717, 1.165) is 38.6 Å². The van der Waals surface area contributed by atoms with Gasteiger partial charge in [-0.2, -0.15) is 0 Å². The number of para-hydroxylation sites is 2. The van der Waals surface area contributed by atoms with Gasteiger partial charge in [0.15, 0.2) is 5.78 Å². The summed E-state index contributed by atoms with van der Waals surface area (Å²) in [6, 6.07) is 15.8. The molecule has 5 aromatic rings. The minimum atomic E-state index is -0.357. The Hall–Kier alpha value is -3.32. The molecule has 0 fully saturated rings. The van der Waals surface area contributed by atoms with Crippen LogP contribution >= 0.6 is 11.8 Å². The molecule has 0 spiro atoms. The van der Waals surface area contributed by atoms with E-state index in [1.807, 2.05) is 68.6 Å². The zero-order valence-corrected chi connectivity index (χ0v) is 16.7. The molecule has 3 aromatic heterocycles. The second kappa shape index (κ2) is 6.93. The number of H-pyrrole nitrogens is 2. The summed E-state index contributed by atoms with van der Waals surface area (Å²) in [5, 5.41) is 10.3. The number of aromatic nitrogens is 4. The normalized spacial score (nSPS) is 12.6. The lowest BCUT2D eigenvalue weighted by atomic mass is 10.1. The second-order valence-electron chi connectivity index (χ2n) is 6.92. The molecule has 0 radical (unpaired) electrons. The fraction of sp³-hybridized carbons (Fsp3) is 0.136. The van der Waals surface area contributed by atoms with Crippen molar-refractivity contribution in [2.75, 3.05) is 0 Å². The Morgan fingerprint density at radius 1 is 1.03 bits per heavy atom. The highest BCUT2D eigenvalue weighted by molar-refractivity contribution is 8.00. The summed E-state index contributed by atoms with van der Waals surface area (Å²) in [5.74, 6) is 0.477. The summed E-state index contributed by atoms with van der Waals surface area (Å²) >= 11 is 1.28. The molecular formula is C22H18N4O2S. The van der Waals surface area contributed by atoms with E-state index in [1.165, 1.54) is 11.8 Å². The molecule has 3 heterocycles. The van der Waals surface area contributed by atoms with E-state index in [-0.39, 0.29) is 11.0 Å². The first kappa shape index (κ1) is 17.8. The van der Waals surface area contributed by atoms with E-state index in [9.17, 15) is 4.79 Å². The van der Waals surface area contributed by atoms with Crippen LogP contribution in [0.25, 0.3) is 33.3 Å². The summed E-state index contributed by atoms with van der Waals surface area (Å²) in [6.45, 7) is 3.79. The number of nitrogens with one attached hydrogen (secondary N) is 2. The Bertz CT molecular complexity index is 1350. The average Bonchev–Trinajstić information content (AvgIpc) is 3.43. The zero-order chi connectivity index (χ0) is 20.0. The Kier molecular flexibility index (Phi) is 4.24. The van der Waals surface area contributed by atoms with Crippen molar-refractivity contribution in [1.29, 1.82) is 0 Å². The van der Waals surface area contributed by atoms with Gasteiger partial charge in [0.2, 0.25) is 0 Å². The maximum absolute atomic E-state index is 13.1. The van der Waals surface area contributed by atoms with E-state index in [2.05, 4.69) is 20.2 Å². The van der Waals surface area contributed by atoms with Gasteiger partial charge in [0, 0.05) is 39.3 Å². The van der Waals surface area contributed by atoms with Crippen LogP contribution in [0.15, 0.2) is 64.4 Å². The van der Waals surface area contributed by atoms with Gasteiger partial charge in [-0.1, -0.05) is 48.2 Å². The largest absolute Gasteiger partial charge is 0.411 e. The minimum absolute atomic E-state index is 0.0387. The predicted molar refractivity (Wildman–Crippen MR) is 114 cm³/mol. The minimum Gasteiger partial charge on any atom is -0.411 e. The number of carbonyl (C=O) groups is 1. The number of hydrogen-bond donors (Lipinski definition) is 2. The van der Waals surface area contributed by atoms with Gasteiger partial charge < -0.3 is 14.4 Å². The fourth-order valence-corrected chi connectivity index (χ4v) is 4.36. The van der Waals surface area contributed by atoms with Crippen LogP contribution in [-0.2, 0) is 0 Å². The number of carbonyl (C=O) groups excluding carboxylic acids is 1. The number of fused-ring (bicyclic) bond motifs is 2. The first-order valence-corrected chi connectivity index (χ1v) is 10.2. The SMILES string of the molecule is Cc1[nH]c2ccccc2c1C(=O)[C@H](C)Sc1nnc(-c2c[nH]c3ccccc23)o1. The van der Waals surface area contributed by atoms with Crippen molar-refractivity contribution < 1.29 is 9.21 Å². The lowest BCUT2D eigenvalue weighted by Gasteiger charge is -2.07. The molecule has 0 aliphatic rings. The van der Waals surface area contributed by atoms with E-state index in [0.29, 0.717) is 11.1 Å². The Morgan fingerprint density at radius 3 is 2.59 bits per heavy atom. The molecule has 2 N–H and O–H groups in total. The third-order valence-electron chi connectivity index (χ3n) is 5.01. The summed E-state index contributed by atoms with van der Waals surface area (Å²) in [4.78, 5) is 19.6. The van der Waals surface area contributed by atoms with Crippen molar-refractivity contribution in [2.45, 2.75) is 24.3 Å². The summed E-state index contributed by atoms with van der Waals surface area (Å²) in [6.07, 6.45) is 1.86. The number of nitrogens with zero attached hydrogens (tertiary/aromatic N) is 2. The van der Waals surface area contributed by atoms with Gasteiger partial charge in [-0.25, -0.2) is 0 Å². The van der Waals surface area contributed by atoms with E-state index in [4.69, 9.17) is 4.42 Å². The summed E-state index contributed by atoms with van der Waals surface area (Å²) in [7, 11) is 0. The quantitative estimate of drug-likeness (QED) is 0.305. The van der Waals surface area contributed by atoms with Crippen LogP contribution in [0.3, 0.4) is 0 Å². The highest BCUT2D eigenvalue weighted by Crippen LogP contribution is 2.32. The van der Waals surface area contributed by atoms with Crippen molar-refractivity contribution >= 4 is 39.4 Å². The molecule has 0 saturated heterocycles. The van der Waals surface area contributed by atoms with Crippen LogP contribution < -0.4 is 0 Å². The van der Waals surface area contributed by atoms with Gasteiger partial charge in [0.05, 0.1) is 10.8 Å². The summed E-state index contributed by atoms with van der Waals surface area (Å²) in [5.41, 5.74) is 4.41. The molecule has 7 heteroatoms. The van der Waals surface area contributed by atoms with Crippen molar-refractivity contribution in [3.63, 3.8) is 0 Å². The van der Waals surface area contributed by atoms with Gasteiger partial charge in [-0.05, 0) is 26.0 Å². The predicted octanol–water partition coefficient (Wildman–Crippen LogP) is 5.37. The number of aromatic amines is 2. The molecule has 144 valence electrons. The molecule has 0 saturated carbocycles. The monoisotopic (exact) mass is 402 g/mol. The second-order valence-corrected chi connectivity index (χ2v) is 8.21. The number of ketones is 1. The number of thioether (sulfide) groups is 1. The zero-order valence-electron chi connectivity index (χ0n) is 15.9. The molecule has 2 aromatic carbocycles. The van der Waals surface area contributed by atoms with E-state index in [1.54, 1.807) is 0 Å². The van der Waals surface area contributed by atoms with Crippen molar-refractivity contribution in [1.82, 2.24) is 20.2 Å². The Balaban J connectivity index is 1.41. The van der Waals surface area contributed by atoms with Gasteiger partial charge >= 0.3 is 0 Å². The summed E-state index contributed by atoms with van der Waals surface area (Å²) < 4.78 is 5.85. The third kappa shape index (κ3) is 3.03. The lowest BCUT2D eigenvalue weighted by Crippen LogP contribution is -2.14. The van der Waals surface area contributed by atoms with Crippen LogP contribution in [0.2, 0.25) is 0 Å². The highest BCUT2D eigenvalue weighted by Gasteiger charge is 2.24. The molecule has 1 atom stereocenters. The molecular weight excluding hydrogens is 384 g/mol. The Labute approximate surface area is 170 Å². The molecule has 0 amide bonds. The average molecular weight is 402 g/mol. The highest BCUT2D eigenvalue weighted by atomic mass is 32.2. The first-order valence-electron chi connectivity index (χ1n) is 9.30. The van der Waals surface area contributed by atoms with Crippen molar-refractivity contribution in [3.8, 4) is 11.5 Å². The molecule has 0 aliphatic carbocycles. The maximum atomic E-state index is 13.1. The maximum Gasteiger partial charge on any atom is 0.277 e. The van der Waals surface area contributed by atoms with Gasteiger partial charge in [-0.3, -0.25) is 4.79 Å². The van der Waals surface area contributed by atoms with Crippen LogP contribution in [0.5, 0.6) is 0 Å². The molecule has 0 bridgehead atoms. The standard InChI is InChI=1S/C22H18N4O2S/c1-12-19(15-8-4-6-10-18(15)24-12)20(27)13(2)29-22-26-25-21(28-22)16-11-23-17-9-5-3-7-14(16)17/h3-11,13,23-24H,1-2H3/t13-/m0/s1. The first-order chi connectivity index (χ1) is 14.1. The van der Waals surface area contributed by atoms with Crippen LogP contribution in [0.4, 0.5) is 0 Å². The number of Topliss-reactive ketones (excluding diaryl/α,β-unsaturated/α-hetero) is 1. The van der Waals surface area contributed by atoms with Gasteiger partial charge in [0.25, 0.3) is 11.1 Å². The fourth-order valence-electron chi connectivity index (χ4n) is 3.62. The molecule has 0 aliphatic heterocycles. The molecule has 0 unspecified atom stereocenters. The number of aryl methyl sites for hydroxylation is 1. The molecule has 6 nitrogen and oxygen atoms in total. The van der Waals surface area contributed by atoms with Crippen LogP contribution in [0.1, 0.15) is 23.0 Å². The van der Waals surface area contributed by atoms with Crippen molar-refractivity contribution in [3.05, 3.63) is 66.0 Å². The molecule has 29 heavy (non-hydrogen) atoms. The van der Waals surface area contributed by atoms with Crippen LogP contribution in [0, 0.1) is 6.92 Å². The number of benzene rings is 2. The van der Waals surface area contributed by atoms with E-state index < -0.39 is 0 Å². The Morgan fingerprint density at radius 2 is 1.76 bits per heavy atom. The smallest absolute Gasteiger partial charge is 0.277 e. The van der Waals surface area contributed by atoms with Gasteiger partial charge in [0.1, 0.15) is 0 Å². The van der Waals surface area contributed by atoms with Crippen molar-refractivity contribution in [2.24, 2.45) is 0 Å².